The zero-order valence-electron chi connectivity index (χ0n) is 15.8. The molecular formula is C20H32N4O. The Kier molecular flexibility index (Phi) is 5.97. The second-order valence-corrected chi connectivity index (χ2v) is 7.81. The minimum atomic E-state index is 0.0776. The molecule has 0 saturated carbocycles. The van der Waals surface area contributed by atoms with Gasteiger partial charge in [-0.1, -0.05) is 30.3 Å². The van der Waals surface area contributed by atoms with Gasteiger partial charge in [-0.05, 0) is 44.8 Å². The third-order valence-electron chi connectivity index (χ3n) is 5.74. The van der Waals surface area contributed by atoms with Crippen LogP contribution in [0.25, 0.3) is 0 Å². The van der Waals surface area contributed by atoms with Crippen LogP contribution in [0.4, 0.5) is 4.79 Å². The van der Waals surface area contributed by atoms with E-state index in [1.807, 2.05) is 11.9 Å². The van der Waals surface area contributed by atoms with Gasteiger partial charge in [0.05, 0.1) is 0 Å². The Hall–Kier alpha value is -1.59. The molecule has 3 unspecified atom stereocenters. The molecule has 2 amide bonds. The summed E-state index contributed by atoms with van der Waals surface area (Å²) < 4.78 is 0. The van der Waals surface area contributed by atoms with Gasteiger partial charge < -0.3 is 15.1 Å². The summed E-state index contributed by atoms with van der Waals surface area (Å²) in [5.41, 5.74) is 1.34. The van der Waals surface area contributed by atoms with E-state index in [2.05, 4.69) is 59.4 Å². The van der Waals surface area contributed by atoms with Crippen LogP contribution in [0.2, 0.25) is 0 Å². The Morgan fingerprint density at radius 2 is 2.00 bits per heavy atom. The number of carbonyl (C=O) groups is 1. The van der Waals surface area contributed by atoms with Gasteiger partial charge in [0, 0.05) is 45.3 Å². The predicted molar refractivity (Wildman–Crippen MR) is 102 cm³/mol. The van der Waals surface area contributed by atoms with Gasteiger partial charge in [0.1, 0.15) is 0 Å². The molecular weight excluding hydrogens is 312 g/mol. The monoisotopic (exact) mass is 344 g/mol. The fourth-order valence-corrected chi connectivity index (χ4v) is 4.13. The maximum atomic E-state index is 12.5. The lowest BCUT2D eigenvalue weighted by atomic mass is 10.1. The van der Waals surface area contributed by atoms with Gasteiger partial charge in [-0.2, -0.15) is 0 Å². The second kappa shape index (κ2) is 8.19. The first-order valence-electron chi connectivity index (χ1n) is 9.52. The van der Waals surface area contributed by atoms with E-state index in [4.69, 9.17) is 0 Å². The molecule has 0 spiro atoms. The van der Waals surface area contributed by atoms with Gasteiger partial charge in [0.2, 0.25) is 0 Å². The highest BCUT2D eigenvalue weighted by molar-refractivity contribution is 5.74. The van der Waals surface area contributed by atoms with E-state index in [1.165, 1.54) is 12.0 Å². The molecule has 2 aliphatic rings. The van der Waals surface area contributed by atoms with E-state index >= 15 is 0 Å². The number of carbonyl (C=O) groups excluding carboxylic acids is 1. The van der Waals surface area contributed by atoms with Crippen molar-refractivity contribution in [2.24, 2.45) is 5.92 Å². The maximum Gasteiger partial charge on any atom is 0.317 e. The first-order chi connectivity index (χ1) is 12.0. The Balaban J connectivity index is 1.45. The van der Waals surface area contributed by atoms with Crippen LogP contribution in [-0.4, -0.2) is 73.6 Å². The van der Waals surface area contributed by atoms with E-state index < -0.39 is 0 Å². The summed E-state index contributed by atoms with van der Waals surface area (Å²) in [6.07, 6.45) is 2.23. The van der Waals surface area contributed by atoms with Crippen LogP contribution in [0.15, 0.2) is 30.3 Å². The Morgan fingerprint density at radius 3 is 2.68 bits per heavy atom. The lowest BCUT2D eigenvalue weighted by molar-refractivity contribution is 0.194. The van der Waals surface area contributed by atoms with Crippen LogP contribution in [0.3, 0.4) is 0 Å². The Bertz CT molecular complexity index is 564. The average Bonchev–Trinajstić information content (AvgIpc) is 3.24. The molecule has 2 fully saturated rings. The number of amides is 2. The number of benzene rings is 1. The Labute approximate surface area is 152 Å². The summed E-state index contributed by atoms with van der Waals surface area (Å²) in [7, 11) is 4.08. The Morgan fingerprint density at radius 1 is 1.24 bits per heavy atom. The summed E-state index contributed by atoms with van der Waals surface area (Å²) in [6, 6.07) is 11.3. The van der Waals surface area contributed by atoms with Crippen molar-refractivity contribution < 1.29 is 4.79 Å². The summed E-state index contributed by atoms with van der Waals surface area (Å²) in [6.45, 7) is 7.33. The highest BCUT2D eigenvalue weighted by Gasteiger charge is 2.29. The van der Waals surface area contributed by atoms with Crippen LogP contribution in [0.1, 0.15) is 31.4 Å². The van der Waals surface area contributed by atoms with Gasteiger partial charge in [-0.25, -0.2) is 4.79 Å². The third-order valence-corrected chi connectivity index (χ3v) is 5.74. The molecule has 2 heterocycles. The van der Waals surface area contributed by atoms with Gasteiger partial charge >= 0.3 is 6.03 Å². The standard InChI is InChI=1S/C20H32N4O/c1-16(18-7-5-4-6-8-18)24-12-10-19(15-24)21-20(25)23(3)14-17-9-11-22(2)13-17/h4-8,16-17,19H,9-15H2,1-3H3,(H,21,25). The van der Waals surface area contributed by atoms with Crippen molar-refractivity contribution in [3.63, 3.8) is 0 Å². The molecule has 2 aliphatic heterocycles. The molecule has 0 aromatic heterocycles. The van der Waals surface area contributed by atoms with Crippen molar-refractivity contribution >= 4 is 6.03 Å². The van der Waals surface area contributed by atoms with Gasteiger partial charge in [-0.15, -0.1) is 0 Å². The zero-order valence-corrected chi connectivity index (χ0v) is 15.8. The fourth-order valence-electron chi connectivity index (χ4n) is 4.13. The molecule has 0 aliphatic carbocycles. The van der Waals surface area contributed by atoms with Crippen LogP contribution in [-0.2, 0) is 0 Å². The molecule has 1 N–H and O–H groups in total. The SMILES string of the molecule is CC(c1ccccc1)N1CCC(NC(=O)N(C)CC2CCN(C)C2)C1. The summed E-state index contributed by atoms with van der Waals surface area (Å²) in [5, 5.41) is 3.23. The number of nitrogens with zero attached hydrogens (tertiary/aromatic N) is 3. The second-order valence-electron chi connectivity index (χ2n) is 7.81. The lowest BCUT2D eigenvalue weighted by Crippen LogP contribution is -2.45. The number of rotatable bonds is 5. The molecule has 3 rings (SSSR count). The van der Waals surface area contributed by atoms with Gasteiger partial charge in [0.25, 0.3) is 0 Å². The zero-order chi connectivity index (χ0) is 17.8. The molecule has 5 nitrogen and oxygen atoms in total. The number of nitrogens with one attached hydrogen (secondary N) is 1. The van der Waals surface area contributed by atoms with Crippen molar-refractivity contribution in [1.29, 1.82) is 0 Å². The van der Waals surface area contributed by atoms with Crippen molar-refractivity contribution in [1.82, 2.24) is 20.0 Å². The normalized spacial score (nSPS) is 25.9. The van der Waals surface area contributed by atoms with Crippen molar-refractivity contribution in [3.05, 3.63) is 35.9 Å². The maximum absolute atomic E-state index is 12.5. The van der Waals surface area contributed by atoms with Crippen molar-refractivity contribution in [3.8, 4) is 0 Å². The van der Waals surface area contributed by atoms with E-state index in [1.54, 1.807) is 0 Å². The quantitative estimate of drug-likeness (QED) is 0.892. The molecule has 5 heteroatoms. The van der Waals surface area contributed by atoms with E-state index in [0.29, 0.717) is 12.0 Å². The van der Waals surface area contributed by atoms with Crippen LogP contribution in [0, 0.1) is 5.92 Å². The smallest absolute Gasteiger partial charge is 0.317 e. The van der Waals surface area contributed by atoms with Gasteiger partial charge in [0.15, 0.2) is 0 Å². The molecule has 2 saturated heterocycles. The van der Waals surface area contributed by atoms with E-state index in [-0.39, 0.29) is 12.1 Å². The number of urea groups is 1. The van der Waals surface area contributed by atoms with Gasteiger partial charge in [-0.3, -0.25) is 4.90 Å². The molecule has 138 valence electrons. The largest absolute Gasteiger partial charge is 0.334 e. The van der Waals surface area contributed by atoms with Crippen LogP contribution < -0.4 is 5.32 Å². The minimum Gasteiger partial charge on any atom is -0.334 e. The highest BCUT2D eigenvalue weighted by atomic mass is 16.2. The number of likely N-dealkylation sites (tertiary alicyclic amines) is 2. The molecule has 0 bridgehead atoms. The third kappa shape index (κ3) is 4.73. The first kappa shape index (κ1) is 18.2. The number of hydrogen-bond acceptors (Lipinski definition) is 3. The number of hydrogen-bond donors (Lipinski definition) is 1. The summed E-state index contributed by atoms with van der Waals surface area (Å²) >= 11 is 0. The molecule has 1 aromatic carbocycles. The van der Waals surface area contributed by atoms with E-state index in [0.717, 1.165) is 39.1 Å². The van der Waals surface area contributed by atoms with E-state index in [9.17, 15) is 4.79 Å². The van der Waals surface area contributed by atoms with Crippen LogP contribution in [0.5, 0.6) is 0 Å². The summed E-state index contributed by atoms with van der Waals surface area (Å²) in [4.78, 5) is 19.2. The topological polar surface area (TPSA) is 38.8 Å². The minimum absolute atomic E-state index is 0.0776. The highest BCUT2D eigenvalue weighted by Crippen LogP contribution is 2.24. The van der Waals surface area contributed by atoms with Crippen molar-refractivity contribution in [2.75, 3.05) is 46.8 Å². The average molecular weight is 345 g/mol. The predicted octanol–water partition coefficient (Wildman–Crippen LogP) is 2.42. The molecule has 1 aromatic rings. The summed E-state index contributed by atoms with van der Waals surface area (Å²) in [5.74, 6) is 0.610. The first-order valence-corrected chi connectivity index (χ1v) is 9.52. The lowest BCUT2D eigenvalue weighted by Gasteiger charge is -2.26. The van der Waals surface area contributed by atoms with Crippen molar-refractivity contribution in [2.45, 2.75) is 31.8 Å². The molecule has 3 atom stereocenters. The molecule has 25 heavy (non-hydrogen) atoms. The fraction of sp³-hybridized carbons (Fsp3) is 0.650. The molecule has 0 radical (unpaired) electrons. The van der Waals surface area contributed by atoms with Crippen LogP contribution >= 0.6 is 0 Å².